The molecule has 0 radical (unpaired) electrons. The van der Waals surface area contributed by atoms with E-state index in [1.807, 2.05) is 0 Å². The van der Waals surface area contributed by atoms with Crippen LogP contribution in [-0.4, -0.2) is 22.1 Å². The summed E-state index contributed by atoms with van der Waals surface area (Å²) in [5.74, 6) is -1.78. The van der Waals surface area contributed by atoms with Gasteiger partial charge in [-0.2, -0.15) is 0 Å². The van der Waals surface area contributed by atoms with E-state index in [-0.39, 0.29) is 21.9 Å². The van der Waals surface area contributed by atoms with Gasteiger partial charge in [0.2, 0.25) is 0 Å². The number of hydrogen-bond acceptors (Lipinski definition) is 3. The molecular formula is C15H12ClNO4. The number of phenolic OH excluding ortho intramolecular Hbond substituents is 1. The minimum Gasteiger partial charge on any atom is -0.507 e. The number of phenols is 1. The molecule has 1 amide bonds. The Morgan fingerprint density at radius 3 is 2.43 bits per heavy atom. The van der Waals surface area contributed by atoms with Crippen molar-refractivity contribution in [1.82, 2.24) is 0 Å². The van der Waals surface area contributed by atoms with Crippen LogP contribution in [0.4, 0.5) is 5.69 Å². The molecule has 5 nitrogen and oxygen atoms in total. The molecule has 0 saturated heterocycles. The van der Waals surface area contributed by atoms with Gasteiger partial charge in [-0.15, -0.1) is 0 Å². The Morgan fingerprint density at radius 1 is 1.10 bits per heavy atom. The Balaban J connectivity index is 2.26. The molecule has 0 heterocycles. The molecule has 0 fully saturated rings. The molecule has 3 N–H and O–H groups in total. The van der Waals surface area contributed by atoms with E-state index in [1.165, 1.54) is 24.3 Å². The van der Waals surface area contributed by atoms with Crippen molar-refractivity contribution in [3.63, 3.8) is 0 Å². The summed E-state index contributed by atoms with van der Waals surface area (Å²) in [7, 11) is 0. The van der Waals surface area contributed by atoms with Crippen molar-refractivity contribution in [2.45, 2.75) is 6.92 Å². The fraction of sp³-hybridized carbons (Fsp3) is 0.0667. The van der Waals surface area contributed by atoms with Gasteiger partial charge < -0.3 is 15.5 Å². The van der Waals surface area contributed by atoms with E-state index in [0.29, 0.717) is 5.69 Å². The van der Waals surface area contributed by atoms with E-state index >= 15 is 0 Å². The number of nitrogens with one attached hydrogen (secondary N) is 1. The molecule has 0 aliphatic rings. The van der Waals surface area contributed by atoms with Crippen molar-refractivity contribution < 1.29 is 19.8 Å². The molecule has 0 spiro atoms. The van der Waals surface area contributed by atoms with Gasteiger partial charge in [-0.05, 0) is 37.3 Å². The fourth-order valence-electron chi connectivity index (χ4n) is 1.80. The summed E-state index contributed by atoms with van der Waals surface area (Å²) in [6, 6.07) is 8.75. The molecule has 2 aromatic rings. The van der Waals surface area contributed by atoms with Gasteiger partial charge in [0.1, 0.15) is 5.75 Å². The highest BCUT2D eigenvalue weighted by Crippen LogP contribution is 2.23. The summed E-state index contributed by atoms with van der Waals surface area (Å²) < 4.78 is 0. The standard InChI is InChI=1S/C15H12ClNO4/c1-8-2-5-13(18)11(6-8)14(19)17-9-3-4-10(15(20)21)12(16)7-9/h2-7,18H,1H3,(H,17,19)(H,20,21). The average Bonchev–Trinajstić information content (AvgIpc) is 2.41. The highest BCUT2D eigenvalue weighted by atomic mass is 35.5. The predicted octanol–water partition coefficient (Wildman–Crippen LogP) is 3.30. The third kappa shape index (κ3) is 3.32. The number of rotatable bonds is 3. The van der Waals surface area contributed by atoms with Crippen LogP contribution in [0, 0.1) is 6.92 Å². The van der Waals surface area contributed by atoms with E-state index < -0.39 is 11.9 Å². The van der Waals surface area contributed by atoms with Gasteiger partial charge in [-0.3, -0.25) is 4.79 Å². The van der Waals surface area contributed by atoms with Crippen molar-refractivity contribution in [3.05, 3.63) is 58.1 Å². The number of aromatic carboxylic acids is 1. The lowest BCUT2D eigenvalue weighted by Crippen LogP contribution is -2.12. The first-order valence-corrected chi connectivity index (χ1v) is 6.40. The maximum atomic E-state index is 12.1. The number of amides is 1. The van der Waals surface area contributed by atoms with E-state index in [2.05, 4.69) is 5.32 Å². The van der Waals surface area contributed by atoms with Gasteiger partial charge in [0.15, 0.2) is 0 Å². The molecule has 2 aromatic carbocycles. The number of carbonyl (C=O) groups excluding carboxylic acids is 1. The zero-order chi connectivity index (χ0) is 15.6. The molecule has 6 heteroatoms. The molecule has 0 aliphatic carbocycles. The second-order valence-corrected chi connectivity index (χ2v) is 4.88. The number of benzene rings is 2. The normalized spacial score (nSPS) is 10.2. The van der Waals surface area contributed by atoms with Crippen LogP contribution in [0.25, 0.3) is 0 Å². The van der Waals surface area contributed by atoms with Crippen LogP contribution in [0.5, 0.6) is 5.75 Å². The number of aromatic hydroxyl groups is 1. The number of hydrogen-bond donors (Lipinski definition) is 3. The monoisotopic (exact) mass is 305 g/mol. The fourth-order valence-corrected chi connectivity index (χ4v) is 2.06. The van der Waals surface area contributed by atoms with Crippen molar-refractivity contribution in [3.8, 4) is 5.75 Å². The SMILES string of the molecule is Cc1ccc(O)c(C(=O)Nc2ccc(C(=O)O)c(Cl)c2)c1. The highest BCUT2D eigenvalue weighted by Gasteiger charge is 2.13. The van der Waals surface area contributed by atoms with Gasteiger partial charge >= 0.3 is 5.97 Å². The van der Waals surface area contributed by atoms with E-state index in [0.717, 1.165) is 5.56 Å². The largest absolute Gasteiger partial charge is 0.507 e. The van der Waals surface area contributed by atoms with Crippen molar-refractivity contribution in [2.75, 3.05) is 5.32 Å². The van der Waals surface area contributed by atoms with E-state index in [4.69, 9.17) is 16.7 Å². The first-order chi connectivity index (χ1) is 9.88. The quantitative estimate of drug-likeness (QED) is 0.812. The lowest BCUT2D eigenvalue weighted by Gasteiger charge is -2.09. The number of anilines is 1. The van der Waals surface area contributed by atoms with Crippen LogP contribution in [0.15, 0.2) is 36.4 Å². The zero-order valence-electron chi connectivity index (χ0n) is 11.1. The minimum absolute atomic E-state index is 0.0220. The third-order valence-electron chi connectivity index (χ3n) is 2.85. The smallest absolute Gasteiger partial charge is 0.337 e. The highest BCUT2D eigenvalue weighted by molar-refractivity contribution is 6.33. The predicted molar refractivity (Wildman–Crippen MR) is 79.2 cm³/mol. The van der Waals surface area contributed by atoms with Crippen LogP contribution < -0.4 is 5.32 Å². The maximum Gasteiger partial charge on any atom is 0.337 e. The number of halogens is 1. The second-order valence-electron chi connectivity index (χ2n) is 4.47. The first kappa shape index (κ1) is 14.9. The van der Waals surface area contributed by atoms with Gasteiger partial charge in [0.05, 0.1) is 16.1 Å². The third-order valence-corrected chi connectivity index (χ3v) is 3.17. The number of carbonyl (C=O) groups is 2. The molecule has 0 saturated carbocycles. The van der Waals surface area contributed by atoms with Gasteiger partial charge in [0.25, 0.3) is 5.91 Å². The summed E-state index contributed by atoms with van der Waals surface area (Å²) in [6.45, 7) is 1.80. The lowest BCUT2D eigenvalue weighted by molar-refractivity contribution is 0.0697. The molecule has 0 aliphatic heterocycles. The van der Waals surface area contributed by atoms with Crippen LogP contribution in [-0.2, 0) is 0 Å². The number of carboxylic acids is 1. The Bertz CT molecular complexity index is 728. The average molecular weight is 306 g/mol. The zero-order valence-corrected chi connectivity index (χ0v) is 11.8. The van der Waals surface area contributed by atoms with Gasteiger partial charge in [-0.25, -0.2) is 4.79 Å². The summed E-state index contributed by atoms with van der Waals surface area (Å²) in [4.78, 5) is 22.9. The molecule has 0 atom stereocenters. The number of aryl methyl sites for hydroxylation is 1. The molecule has 0 unspecified atom stereocenters. The molecule has 2 rings (SSSR count). The second kappa shape index (κ2) is 5.85. The van der Waals surface area contributed by atoms with Crippen LogP contribution in [0.3, 0.4) is 0 Å². The molecule has 108 valence electrons. The molecule has 21 heavy (non-hydrogen) atoms. The molecule has 0 aromatic heterocycles. The van der Waals surface area contributed by atoms with E-state index in [9.17, 15) is 14.7 Å². The van der Waals surface area contributed by atoms with Gasteiger partial charge in [0, 0.05) is 5.69 Å². The van der Waals surface area contributed by atoms with Crippen molar-refractivity contribution >= 4 is 29.2 Å². The van der Waals surface area contributed by atoms with Crippen LogP contribution in [0.1, 0.15) is 26.3 Å². The minimum atomic E-state index is -1.14. The lowest BCUT2D eigenvalue weighted by atomic mass is 10.1. The Labute approximate surface area is 125 Å². The Kier molecular flexibility index (Phi) is 4.14. The summed E-state index contributed by atoms with van der Waals surface area (Å²) in [5.41, 5.74) is 1.26. The molecule has 0 bridgehead atoms. The Morgan fingerprint density at radius 2 is 1.81 bits per heavy atom. The van der Waals surface area contributed by atoms with Crippen molar-refractivity contribution in [1.29, 1.82) is 0 Å². The summed E-state index contributed by atoms with van der Waals surface area (Å²) >= 11 is 5.83. The molecular weight excluding hydrogens is 294 g/mol. The summed E-state index contributed by atoms with van der Waals surface area (Å²) in [5, 5.41) is 21.1. The van der Waals surface area contributed by atoms with E-state index in [1.54, 1.807) is 19.1 Å². The van der Waals surface area contributed by atoms with Gasteiger partial charge in [-0.1, -0.05) is 23.2 Å². The van der Waals surface area contributed by atoms with Crippen LogP contribution >= 0.6 is 11.6 Å². The first-order valence-electron chi connectivity index (χ1n) is 6.02. The topological polar surface area (TPSA) is 86.6 Å². The summed E-state index contributed by atoms with van der Waals surface area (Å²) in [6.07, 6.45) is 0. The van der Waals surface area contributed by atoms with Crippen LogP contribution in [0.2, 0.25) is 5.02 Å². The Hall–Kier alpha value is -2.53. The maximum absolute atomic E-state index is 12.1. The van der Waals surface area contributed by atoms with Crippen molar-refractivity contribution in [2.24, 2.45) is 0 Å². The number of carboxylic acid groups (broad SMARTS) is 1.